The van der Waals surface area contributed by atoms with Gasteiger partial charge in [0.2, 0.25) is 0 Å². The first-order valence-corrected chi connectivity index (χ1v) is 8.03. The first-order chi connectivity index (χ1) is 9.78. The zero-order valence-electron chi connectivity index (χ0n) is 14.4. The second kappa shape index (κ2) is 8.11. The summed E-state index contributed by atoms with van der Waals surface area (Å²) >= 11 is 0. The molecule has 21 heavy (non-hydrogen) atoms. The fourth-order valence-corrected chi connectivity index (χ4v) is 2.70. The lowest BCUT2D eigenvalue weighted by atomic mass is 10.00. The Kier molecular flexibility index (Phi) is 7.10. The van der Waals surface area contributed by atoms with E-state index in [9.17, 15) is 4.79 Å². The zero-order valence-corrected chi connectivity index (χ0v) is 14.4. The quantitative estimate of drug-likeness (QED) is 0.732. The fraction of sp³-hybridized carbons (Fsp3) is 0.938. The average Bonchev–Trinajstić information content (AvgIpc) is 2.81. The largest absolute Gasteiger partial charge is 0.460 e. The molecule has 0 aromatic heterocycles. The predicted molar refractivity (Wildman–Crippen MR) is 83.8 cm³/mol. The number of hydrogen-bond acceptors (Lipinski definition) is 5. The number of hydrazine groups is 1. The Morgan fingerprint density at radius 2 is 2.10 bits per heavy atom. The molecule has 0 bridgehead atoms. The van der Waals surface area contributed by atoms with Crippen LogP contribution in [0.1, 0.15) is 53.9 Å². The van der Waals surface area contributed by atoms with E-state index in [0.717, 1.165) is 32.4 Å². The number of carbonyl (C=O) groups is 1. The molecule has 0 saturated carbocycles. The molecule has 5 heteroatoms. The van der Waals surface area contributed by atoms with E-state index in [2.05, 4.69) is 17.4 Å². The zero-order chi connectivity index (χ0) is 16.0. The number of nitrogens with one attached hydrogen (secondary N) is 1. The van der Waals surface area contributed by atoms with E-state index in [1.807, 2.05) is 27.7 Å². The first kappa shape index (κ1) is 18.4. The van der Waals surface area contributed by atoms with Crippen molar-refractivity contribution in [2.75, 3.05) is 20.3 Å². The molecule has 3 atom stereocenters. The Morgan fingerprint density at radius 1 is 1.43 bits per heavy atom. The van der Waals surface area contributed by atoms with Crippen molar-refractivity contribution >= 4 is 5.97 Å². The van der Waals surface area contributed by atoms with Crippen molar-refractivity contribution in [1.29, 1.82) is 0 Å². The van der Waals surface area contributed by atoms with Crippen LogP contribution in [0.25, 0.3) is 0 Å². The molecule has 1 aliphatic heterocycles. The van der Waals surface area contributed by atoms with Gasteiger partial charge in [-0.15, -0.1) is 0 Å². The van der Waals surface area contributed by atoms with Crippen molar-refractivity contribution < 1.29 is 14.3 Å². The minimum absolute atomic E-state index is 0.0947. The minimum atomic E-state index is -0.435. The predicted octanol–water partition coefficient (Wildman–Crippen LogP) is 2.36. The SMILES string of the molecule is CC[C@H](NN1CCC[C@H]1COC)[C@H](C)C(=O)OC(C)(C)C. The molecule has 1 heterocycles. The van der Waals surface area contributed by atoms with Crippen LogP contribution in [0.2, 0.25) is 0 Å². The van der Waals surface area contributed by atoms with Gasteiger partial charge in [0, 0.05) is 25.7 Å². The van der Waals surface area contributed by atoms with Gasteiger partial charge in [-0.25, -0.2) is 5.01 Å². The van der Waals surface area contributed by atoms with Gasteiger partial charge in [-0.1, -0.05) is 13.8 Å². The summed E-state index contributed by atoms with van der Waals surface area (Å²) in [5, 5.41) is 2.23. The second-order valence-corrected chi connectivity index (χ2v) is 6.91. The third-order valence-corrected chi connectivity index (χ3v) is 3.89. The van der Waals surface area contributed by atoms with Crippen LogP contribution >= 0.6 is 0 Å². The van der Waals surface area contributed by atoms with E-state index in [-0.39, 0.29) is 17.9 Å². The van der Waals surface area contributed by atoms with Crippen LogP contribution in [0.5, 0.6) is 0 Å². The van der Waals surface area contributed by atoms with Crippen molar-refractivity contribution in [2.24, 2.45) is 5.92 Å². The van der Waals surface area contributed by atoms with Gasteiger partial charge >= 0.3 is 5.97 Å². The van der Waals surface area contributed by atoms with Crippen molar-refractivity contribution in [2.45, 2.75) is 71.6 Å². The highest BCUT2D eigenvalue weighted by atomic mass is 16.6. The van der Waals surface area contributed by atoms with Crippen LogP contribution < -0.4 is 5.43 Å². The lowest BCUT2D eigenvalue weighted by Crippen LogP contribution is -2.52. The third kappa shape index (κ3) is 5.93. The van der Waals surface area contributed by atoms with Crippen LogP contribution in [0, 0.1) is 5.92 Å². The molecule has 1 aliphatic rings. The molecule has 0 radical (unpaired) electrons. The standard InChI is InChI=1S/C16H32N2O3/c1-7-14(12(2)15(19)21-16(3,4)5)17-18-10-8-9-13(18)11-20-6/h12-14,17H,7-11H2,1-6H3/t12-,13-,14-/m0/s1. The molecule has 1 N–H and O–H groups in total. The third-order valence-electron chi connectivity index (χ3n) is 3.89. The highest BCUT2D eigenvalue weighted by Crippen LogP contribution is 2.19. The molecule has 0 aliphatic carbocycles. The van der Waals surface area contributed by atoms with Crippen molar-refractivity contribution in [1.82, 2.24) is 10.4 Å². The van der Waals surface area contributed by atoms with Gasteiger partial charge in [0.15, 0.2) is 0 Å². The number of nitrogens with zero attached hydrogens (tertiary/aromatic N) is 1. The van der Waals surface area contributed by atoms with Crippen LogP contribution in [0.3, 0.4) is 0 Å². The van der Waals surface area contributed by atoms with Crippen LogP contribution in [-0.4, -0.2) is 48.9 Å². The van der Waals surface area contributed by atoms with E-state index in [1.165, 1.54) is 0 Å². The van der Waals surface area contributed by atoms with Crippen LogP contribution in [-0.2, 0) is 14.3 Å². The summed E-state index contributed by atoms with van der Waals surface area (Å²) in [5.74, 6) is -0.303. The molecular formula is C16H32N2O3. The Bertz CT molecular complexity index is 328. The second-order valence-electron chi connectivity index (χ2n) is 6.91. The lowest BCUT2D eigenvalue weighted by molar-refractivity contribution is -0.161. The van der Waals surface area contributed by atoms with Crippen molar-refractivity contribution in [3.8, 4) is 0 Å². The van der Waals surface area contributed by atoms with E-state index in [1.54, 1.807) is 7.11 Å². The maximum Gasteiger partial charge on any atom is 0.310 e. The van der Waals surface area contributed by atoms with E-state index in [0.29, 0.717) is 6.04 Å². The molecule has 5 nitrogen and oxygen atoms in total. The summed E-state index contributed by atoms with van der Waals surface area (Å²) in [7, 11) is 1.73. The van der Waals surface area contributed by atoms with E-state index >= 15 is 0 Å². The minimum Gasteiger partial charge on any atom is -0.460 e. The molecule has 0 spiro atoms. The average molecular weight is 300 g/mol. The van der Waals surface area contributed by atoms with Gasteiger partial charge in [-0.05, 0) is 40.0 Å². The van der Waals surface area contributed by atoms with Gasteiger partial charge in [0.1, 0.15) is 5.60 Å². The normalized spacial score (nSPS) is 23.0. The van der Waals surface area contributed by atoms with Gasteiger partial charge in [-0.2, -0.15) is 0 Å². The summed E-state index contributed by atoms with van der Waals surface area (Å²) in [6.07, 6.45) is 3.19. The van der Waals surface area contributed by atoms with E-state index in [4.69, 9.17) is 9.47 Å². The molecule has 0 amide bonds. The van der Waals surface area contributed by atoms with Gasteiger partial charge in [0.25, 0.3) is 0 Å². The molecule has 0 aromatic carbocycles. The lowest BCUT2D eigenvalue weighted by Gasteiger charge is -2.33. The number of carbonyl (C=O) groups excluding carboxylic acids is 1. The molecular weight excluding hydrogens is 268 g/mol. The molecule has 1 rings (SSSR count). The highest BCUT2D eigenvalue weighted by molar-refractivity contribution is 5.73. The van der Waals surface area contributed by atoms with Crippen molar-refractivity contribution in [3.63, 3.8) is 0 Å². The summed E-state index contributed by atoms with van der Waals surface area (Å²) in [6, 6.07) is 0.493. The number of ether oxygens (including phenoxy) is 2. The Balaban J connectivity index is 2.59. The summed E-state index contributed by atoms with van der Waals surface area (Å²) < 4.78 is 10.8. The Hall–Kier alpha value is -0.650. The maximum atomic E-state index is 12.2. The first-order valence-electron chi connectivity index (χ1n) is 8.03. The Morgan fingerprint density at radius 3 is 2.62 bits per heavy atom. The number of hydrogen-bond donors (Lipinski definition) is 1. The topological polar surface area (TPSA) is 50.8 Å². The molecule has 0 aromatic rings. The van der Waals surface area contributed by atoms with Crippen LogP contribution in [0.4, 0.5) is 0 Å². The van der Waals surface area contributed by atoms with Gasteiger partial charge < -0.3 is 9.47 Å². The van der Waals surface area contributed by atoms with Crippen molar-refractivity contribution in [3.05, 3.63) is 0 Å². The molecule has 1 fully saturated rings. The van der Waals surface area contributed by atoms with Crippen LogP contribution in [0.15, 0.2) is 0 Å². The molecule has 1 saturated heterocycles. The van der Waals surface area contributed by atoms with Gasteiger partial charge in [-0.3, -0.25) is 10.2 Å². The molecule has 0 unspecified atom stereocenters. The number of rotatable bonds is 7. The fourth-order valence-electron chi connectivity index (χ4n) is 2.70. The number of methoxy groups -OCH3 is 1. The summed E-state index contributed by atoms with van der Waals surface area (Å²) in [4.78, 5) is 12.2. The highest BCUT2D eigenvalue weighted by Gasteiger charge is 2.32. The van der Waals surface area contributed by atoms with Gasteiger partial charge in [0.05, 0.1) is 12.5 Å². The number of esters is 1. The smallest absolute Gasteiger partial charge is 0.310 e. The Labute approximate surface area is 129 Å². The summed E-state index contributed by atoms with van der Waals surface area (Å²) in [5.41, 5.74) is 3.08. The van der Waals surface area contributed by atoms with E-state index < -0.39 is 5.60 Å². The summed E-state index contributed by atoms with van der Waals surface area (Å²) in [6.45, 7) is 11.5. The monoisotopic (exact) mass is 300 g/mol. The molecule has 124 valence electrons. The maximum absolute atomic E-state index is 12.2.